The number of carbonyl (C=O) groups excluding carboxylic acids is 3. The van der Waals surface area contributed by atoms with E-state index in [1.54, 1.807) is 17.9 Å². The largest absolute Gasteiger partial charge is 0.466 e. The van der Waals surface area contributed by atoms with E-state index >= 15 is 0 Å². The van der Waals surface area contributed by atoms with Crippen molar-refractivity contribution in [2.24, 2.45) is 17.8 Å². The van der Waals surface area contributed by atoms with Crippen molar-refractivity contribution < 1.29 is 29.0 Å². The lowest BCUT2D eigenvalue weighted by Gasteiger charge is -2.43. The number of hydrogen-bond acceptors (Lipinski definition) is 6. The minimum absolute atomic E-state index is 0.0274. The summed E-state index contributed by atoms with van der Waals surface area (Å²) in [5.41, 5.74) is -1.91. The maximum Gasteiger partial charge on any atom is 0.312 e. The summed E-state index contributed by atoms with van der Waals surface area (Å²) in [4.78, 5) is 45.9. The highest BCUT2D eigenvalue weighted by molar-refractivity contribution is 5.99. The first kappa shape index (κ1) is 28.1. The standard InChI is InChI=1S/C29H46N2O6/c1-6-17-30(20-13-11-10-12-14-20)26(34)24-29-16-15-28(8-3,37-29)23(27(35)36-9-4)22(29)25(33)31(24)21(18-32)19(5)7-2/h6,19-24,32H,1,7-18H2,2-5H3/t19-,21-,22-,23+,24?,28-,29?/m0/s1. The molecule has 1 N–H and O–H groups in total. The number of aliphatic hydroxyl groups excluding tert-OH is 1. The molecule has 0 aromatic rings. The summed E-state index contributed by atoms with van der Waals surface area (Å²) in [6.07, 6.45) is 9.35. The average molecular weight is 519 g/mol. The number of aliphatic hydroxyl groups is 1. The summed E-state index contributed by atoms with van der Waals surface area (Å²) < 4.78 is 12.3. The monoisotopic (exact) mass is 518 g/mol. The third-order valence-corrected chi connectivity index (χ3v) is 9.86. The molecule has 2 bridgehead atoms. The molecule has 2 amide bonds. The van der Waals surface area contributed by atoms with Crippen molar-refractivity contribution in [3.8, 4) is 0 Å². The first-order valence-electron chi connectivity index (χ1n) is 14.5. The third-order valence-electron chi connectivity index (χ3n) is 9.86. The Morgan fingerprint density at radius 1 is 1.24 bits per heavy atom. The fourth-order valence-electron chi connectivity index (χ4n) is 7.81. The molecule has 3 heterocycles. The van der Waals surface area contributed by atoms with Crippen LogP contribution in [-0.2, 0) is 23.9 Å². The van der Waals surface area contributed by atoms with Crippen LogP contribution in [0.25, 0.3) is 0 Å². The van der Waals surface area contributed by atoms with Crippen molar-refractivity contribution in [3.05, 3.63) is 12.7 Å². The number of fused-ring (bicyclic) bond motifs is 1. The fraction of sp³-hybridized carbons (Fsp3) is 0.828. The number of carbonyl (C=O) groups is 3. The second-order valence-electron chi connectivity index (χ2n) is 11.5. The fourth-order valence-corrected chi connectivity index (χ4v) is 7.81. The van der Waals surface area contributed by atoms with Gasteiger partial charge in [-0.25, -0.2) is 0 Å². The Bertz CT molecular complexity index is 888. The van der Waals surface area contributed by atoms with E-state index in [2.05, 4.69) is 6.58 Å². The summed E-state index contributed by atoms with van der Waals surface area (Å²) in [6.45, 7) is 12.0. The molecule has 4 rings (SSSR count). The van der Waals surface area contributed by atoms with E-state index < -0.39 is 41.1 Å². The highest BCUT2D eigenvalue weighted by atomic mass is 16.6. The van der Waals surface area contributed by atoms with Crippen molar-refractivity contribution in [1.29, 1.82) is 0 Å². The molecule has 1 saturated carbocycles. The van der Waals surface area contributed by atoms with Crippen LogP contribution in [0.3, 0.4) is 0 Å². The lowest BCUT2D eigenvalue weighted by Crippen LogP contribution is -2.61. The molecule has 0 aromatic heterocycles. The van der Waals surface area contributed by atoms with Gasteiger partial charge < -0.3 is 24.4 Å². The smallest absolute Gasteiger partial charge is 0.312 e. The van der Waals surface area contributed by atoms with Crippen molar-refractivity contribution in [3.63, 3.8) is 0 Å². The Kier molecular flexibility index (Phi) is 8.39. The topological polar surface area (TPSA) is 96.4 Å². The quantitative estimate of drug-likeness (QED) is 0.332. The van der Waals surface area contributed by atoms with Crippen molar-refractivity contribution in [2.45, 2.75) is 115 Å². The van der Waals surface area contributed by atoms with E-state index in [9.17, 15) is 19.5 Å². The molecule has 0 aromatic carbocycles. The van der Waals surface area contributed by atoms with Crippen LogP contribution in [0.2, 0.25) is 0 Å². The van der Waals surface area contributed by atoms with Crippen LogP contribution >= 0.6 is 0 Å². The van der Waals surface area contributed by atoms with Gasteiger partial charge in [0.25, 0.3) is 0 Å². The van der Waals surface area contributed by atoms with Gasteiger partial charge in [0.2, 0.25) is 11.8 Å². The average Bonchev–Trinajstić information content (AvgIpc) is 3.52. The predicted molar refractivity (Wildman–Crippen MR) is 139 cm³/mol. The minimum Gasteiger partial charge on any atom is -0.466 e. The van der Waals surface area contributed by atoms with Crippen molar-refractivity contribution >= 4 is 17.8 Å². The first-order valence-corrected chi connectivity index (χ1v) is 14.5. The van der Waals surface area contributed by atoms with Gasteiger partial charge in [0.1, 0.15) is 17.6 Å². The summed E-state index contributed by atoms with van der Waals surface area (Å²) in [5, 5.41) is 10.5. The Morgan fingerprint density at radius 2 is 1.95 bits per heavy atom. The Morgan fingerprint density at radius 3 is 2.51 bits per heavy atom. The molecule has 208 valence electrons. The highest BCUT2D eigenvalue weighted by Gasteiger charge is 2.79. The minimum atomic E-state index is -1.10. The lowest BCUT2D eigenvalue weighted by molar-refractivity contribution is -0.164. The van der Waals surface area contributed by atoms with Gasteiger partial charge in [0, 0.05) is 12.6 Å². The molecular formula is C29H46N2O6. The van der Waals surface area contributed by atoms with Crippen LogP contribution in [0, 0.1) is 17.8 Å². The van der Waals surface area contributed by atoms with Gasteiger partial charge in [-0.05, 0) is 44.9 Å². The summed E-state index contributed by atoms with van der Waals surface area (Å²) in [5.74, 6) is -2.38. The molecule has 2 unspecified atom stereocenters. The maximum atomic E-state index is 14.6. The first-order chi connectivity index (χ1) is 17.8. The van der Waals surface area contributed by atoms with Crippen LogP contribution in [0.1, 0.15) is 85.5 Å². The van der Waals surface area contributed by atoms with E-state index in [0.717, 1.165) is 38.5 Å². The van der Waals surface area contributed by atoms with Gasteiger partial charge in [0.05, 0.1) is 30.8 Å². The van der Waals surface area contributed by atoms with Crippen LogP contribution in [0.15, 0.2) is 12.7 Å². The second kappa shape index (κ2) is 11.0. The van der Waals surface area contributed by atoms with Crippen LogP contribution in [0.4, 0.5) is 0 Å². The Hall–Kier alpha value is -1.93. The van der Waals surface area contributed by atoms with Crippen LogP contribution < -0.4 is 0 Å². The van der Waals surface area contributed by atoms with Crippen LogP contribution in [0.5, 0.6) is 0 Å². The molecule has 8 heteroatoms. The number of likely N-dealkylation sites (tertiary alicyclic amines) is 1. The molecule has 7 atom stereocenters. The number of hydrogen-bond donors (Lipinski definition) is 1. The van der Waals surface area contributed by atoms with Gasteiger partial charge in [-0.1, -0.05) is 52.5 Å². The zero-order valence-electron chi connectivity index (χ0n) is 23.1. The van der Waals surface area contributed by atoms with Gasteiger partial charge in [-0.2, -0.15) is 0 Å². The SMILES string of the molecule is C=CCN(C(=O)C1N([C@@H](CO)[C@@H](C)CC)C(=O)[C@@H]2[C@H](C(=O)OCC)[C@]3(CC)CCC12O3)C1CCCCC1. The molecule has 3 saturated heterocycles. The number of ether oxygens (including phenoxy) is 2. The number of amides is 2. The molecule has 0 radical (unpaired) electrons. The van der Waals surface area contributed by atoms with E-state index in [0.29, 0.717) is 25.8 Å². The Balaban J connectivity index is 1.84. The molecule has 1 spiro atoms. The predicted octanol–water partition coefficient (Wildman–Crippen LogP) is 3.46. The zero-order valence-corrected chi connectivity index (χ0v) is 23.1. The molecule has 1 aliphatic carbocycles. The second-order valence-corrected chi connectivity index (χ2v) is 11.5. The zero-order chi connectivity index (χ0) is 27.0. The van der Waals surface area contributed by atoms with E-state index in [4.69, 9.17) is 9.47 Å². The summed E-state index contributed by atoms with van der Waals surface area (Å²) >= 11 is 0. The number of rotatable bonds is 11. The van der Waals surface area contributed by atoms with Gasteiger partial charge in [0.15, 0.2) is 0 Å². The van der Waals surface area contributed by atoms with E-state index in [1.807, 2.05) is 25.7 Å². The summed E-state index contributed by atoms with van der Waals surface area (Å²) in [6, 6.07) is -1.33. The normalized spacial score (nSPS) is 34.8. The van der Waals surface area contributed by atoms with E-state index in [-0.39, 0.29) is 37.0 Å². The number of esters is 1. The van der Waals surface area contributed by atoms with Crippen molar-refractivity contribution in [2.75, 3.05) is 19.8 Å². The maximum absolute atomic E-state index is 14.6. The van der Waals surface area contributed by atoms with Gasteiger partial charge in [-0.3, -0.25) is 14.4 Å². The van der Waals surface area contributed by atoms with E-state index in [1.165, 1.54) is 0 Å². The third kappa shape index (κ3) is 4.32. The molecule has 4 fully saturated rings. The highest BCUT2D eigenvalue weighted by Crippen LogP contribution is 2.65. The van der Waals surface area contributed by atoms with Crippen molar-refractivity contribution in [1.82, 2.24) is 9.80 Å². The molecular weight excluding hydrogens is 472 g/mol. The molecule has 8 nitrogen and oxygen atoms in total. The number of nitrogens with zero attached hydrogens (tertiary/aromatic N) is 2. The van der Waals surface area contributed by atoms with Gasteiger partial charge >= 0.3 is 5.97 Å². The lowest BCUT2D eigenvalue weighted by atomic mass is 9.65. The van der Waals surface area contributed by atoms with Gasteiger partial charge in [-0.15, -0.1) is 6.58 Å². The molecule has 4 aliphatic rings. The van der Waals surface area contributed by atoms with Crippen LogP contribution in [-0.4, -0.2) is 81.8 Å². The molecule has 3 aliphatic heterocycles. The summed E-state index contributed by atoms with van der Waals surface area (Å²) in [7, 11) is 0. The Labute approximate surface area is 221 Å². The molecule has 37 heavy (non-hydrogen) atoms.